The highest BCUT2D eigenvalue weighted by Gasteiger charge is 2.15. The van der Waals surface area contributed by atoms with Gasteiger partial charge in [-0.15, -0.1) is 0 Å². The van der Waals surface area contributed by atoms with E-state index in [-0.39, 0.29) is 12.3 Å². The molecule has 1 amide bonds. The van der Waals surface area contributed by atoms with E-state index in [1.807, 2.05) is 6.92 Å². The van der Waals surface area contributed by atoms with E-state index in [1.165, 1.54) is 0 Å². The highest BCUT2D eigenvalue weighted by molar-refractivity contribution is 5.75. The average Bonchev–Trinajstić information content (AvgIpc) is 2.16. The molecule has 0 aromatic carbocycles. The standard InChI is InChI=1S/C10H14N4O/c1-6-7-5-12-3-2-8(7)14-10(13-6)4-9(11)15/h12H,2-5H2,1H3,(H2,11,15). The highest BCUT2D eigenvalue weighted by Crippen LogP contribution is 2.14. The lowest BCUT2D eigenvalue weighted by atomic mass is 10.1. The van der Waals surface area contributed by atoms with Crippen LogP contribution in [-0.4, -0.2) is 22.4 Å². The van der Waals surface area contributed by atoms with Crippen LogP contribution in [0.15, 0.2) is 0 Å². The van der Waals surface area contributed by atoms with Crippen molar-refractivity contribution in [1.29, 1.82) is 0 Å². The lowest BCUT2D eigenvalue weighted by Crippen LogP contribution is -2.27. The Bertz CT molecular complexity index is 403. The summed E-state index contributed by atoms with van der Waals surface area (Å²) in [5.41, 5.74) is 8.28. The molecule has 2 heterocycles. The molecule has 3 N–H and O–H groups in total. The third-order valence-electron chi connectivity index (χ3n) is 2.52. The van der Waals surface area contributed by atoms with Crippen LogP contribution >= 0.6 is 0 Å². The summed E-state index contributed by atoms with van der Waals surface area (Å²) in [7, 11) is 0. The number of aromatic nitrogens is 2. The zero-order chi connectivity index (χ0) is 10.8. The molecule has 15 heavy (non-hydrogen) atoms. The zero-order valence-corrected chi connectivity index (χ0v) is 8.71. The molecule has 0 spiro atoms. The first-order valence-corrected chi connectivity index (χ1v) is 5.01. The second kappa shape index (κ2) is 3.94. The van der Waals surface area contributed by atoms with Crippen molar-refractivity contribution < 1.29 is 4.79 Å². The Morgan fingerprint density at radius 1 is 1.53 bits per heavy atom. The predicted molar refractivity (Wildman–Crippen MR) is 55.1 cm³/mol. The summed E-state index contributed by atoms with van der Waals surface area (Å²) in [4.78, 5) is 19.4. The maximum atomic E-state index is 10.8. The van der Waals surface area contributed by atoms with Crippen LogP contribution in [0.25, 0.3) is 0 Å². The first kappa shape index (κ1) is 10.0. The van der Waals surface area contributed by atoms with E-state index in [2.05, 4.69) is 15.3 Å². The molecule has 5 heteroatoms. The van der Waals surface area contributed by atoms with Gasteiger partial charge < -0.3 is 11.1 Å². The second-order valence-electron chi connectivity index (χ2n) is 3.72. The molecule has 1 aliphatic rings. The topological polar surface area (TPSA) is 80.9 Å². The van der Waals surface area contributed by atoms with E-state index in [0.717, 1.165) is 36.5 Å². The Labute approximate surface area is 88.1 Å². The van der Waals surface area contributed by atoms with Gasteiger partial charge in [-0.05, 0) is 6.92 Å². The number of nitrogens with two attached hydrogens (primary N) is 1. The lowest BCUT2D eigenvalue weighted by molar-refractivity contribution is -0.117. The fourth-order valence-corrected chi connectivity index (χ4v) is 1.81. The molecule has 0 bridgehead atoms. The molecule has 0 unspecified atom stereocenters. The molecule has 5 nitrogen and oxygen atoms in total. The van der Waals surface area contributed by atoms with Gasteiger partial charge in [0.05, 0.1) is 12.1 Å². The maximum Gasteiger partial charge on any atom is 0.225 e. The van der Waals surface area contributed by atoms with Gasteiger partial charge in [0.25, 0.3) is 0 Å². The minimum Gasteiger partial charge on any atom is -0.369 e. The Balaban J connectivity index is 2.36. The molecular weight excluding hydrogens is 192 g/mol. The van der Waals surface area contributed by atoms with Crippen LogP contribution in [-0.2, 0) is 24.2 Å². The number of rotatable bonds is 2. The van der Waals surface area contributed by atoms with E-state index in [4.69, 9.17) is 5.73 Å². The smallest absolute Gasteiger partial charge is 0.225 e. The highest BCUT2D eigenvalue weighted by atomic mass is 16.1. The van der Waals surface area contributed by atoms with Gasteiger partial charge in [-0.25, -0.2) is 9.97 Å². The van der Waals surface area contributed by atoms with Crippen LogP contribution in [0.3, 0.4) is 0 Å². The Morgan fingerprint density at radius 2 is 2.33 bits per heavy atom. The fraction of sp³-hybridized carbons (Fsp3) is 0.500. The second-order valence-corrected chi connectivity index (χ2v) is 3.72. The van der Waals surface area contributed by atoms with Crippen molar-refractivity contribution in [1.82, 2.24) is 15.3 Å². The number of carbonyl (C=O) groups excluding carboxylic acids is 1. The fourth-order valence-electron chi connectivity index (χ4n) is 1.81. The molecule has 1 aromatic rings. The van der Waals surface area contributed by atoms with Crippen LogP contribution in [0, 0.1) is 6.92 Å². The van der Waals surface area contributed by atoms with Gasteiger partial charge in [0.2, 0.25) is 5.91 Å². The SMILES string of the molecule is Cc1nc(CC(N)=O)nc2c1CNCC2. The van der Waals surface area contributed by atoms with Gasteiger partial charge in [0, 0.05) is 30.8 Å². The Morgan fingerprint density at radius 3 is 3.07 bits per heavy atom. The van der Waals surface area contributed by atoms with Crippen molar-refractivity contribution in [3.8, 4) is 0 Å². The number of aryl methyl sites for hydroxylation is 1. The third-order valence-corrected chi connectivity index (χ3v) is 2.52. The summed E-state index contributed by atoms with van der Waals surface area (Å²) in [6.45, 7) is 3.69. The first-order valence-electron chi connectivity index (χ1n) is 5.01. The molecule has 0 aliphatic carbocycles. The van der Waals surface area contributed by atoms with Gasteiger partial charge in [-0.3, -0.25) is 4.79 Å². The van der Waals surface area contributed by atoms with Crippen molar-refractivity contribution in [2.24, 2.45) is 5.73 Å². The van der Waals surface area contributed by atoms with Crippen LogP contribution in [0.1, 0.15) is 22.8 Å². The number of fused-ring (bicyclic) bond motifs is 1. The van der Waals surface area contributed by atoms with Crippen molar-refractivity contribution in [3.05, 3.63) is 22.8 Å². The molecule has 0 radical (unpaired) electrons. The molecule has 2 rings (SSSR count). The zero-order valence-electron chi connectivity index (χ0n) is 8.71. The van der Waals surface area contributed by atoms with Gasteiger partial charge in [-0.1, -0.05) is 0 Å². The van der Waals surface area contributed by atoms with Crippen LogP contribution in [0.5, 0.6) is 0 Å². The predicted octanol–water partition coefficient (Wildman–Crippen LogP) is -0.541. The molecule has 0 saturated heterocycles. The summed E-state index contributed by atoms with van der Waals surface area (Å²) < 4.78 is 0. The molecule has 0 fully saturated rings. The molecule has 1 aliphatic heterocycles. The number of primary amides is 1. The number of amides is 1. The van der Waals surface area contributed by atoms with E-state index >= 15 is 0 Å². The third kappa shape index (κ3) is 2.12. The van der Waals surface area contributed by atoms with Gasteiger partial charge >= 0.3 is 0 Å². The average molecular weight is 206 g/mol. The monoisotopic (exact) mass is 206 g/mol. The normalized spacial score (nSPS) is 14.7. The Hall–Kier alpha value is -1.49. The van der Waals surface area contributed by atoms with Gasteiger partial charge in [0.1, 0.15) is 5.82 Å². The van der Waals surface area contributed by atoms with Crippen molar-refractivity contribution in [2.45, 2.75) is 26.3 Å². The minimum atomic E-state index is -0.386. The summed E-state index contributed by atoms with van der Waals surface area (Å²) in [5.74, 6) is 0.156. The number of carbonyl (C=O) groups is 1. The molecule has 0 atom stereocenters. The first-order chi connectivity index (χ1) is 7.16. The van der Waals surface area contributed by atoms with E-state index in [9.17, 15) is 4.79 Å². The molecule has 1 aromatic heterocycles. The quantitative estimate of drug-likeness (QED) is 0.681. The maximum absolute atomic E-state index is 10.8. The van der Waals surface area contributed by atoms with E-state index < -0.39 is 0 Å². The molecule has 80 valence electrons. The summed E-state index contributed by atoms with van der Waals surface area (Å²) in [5, 5.41) is 3.27. The van der Waals surface area contributed by atoms with Gasteiger partial charge in [-0.2, -0.15) is 0 Å². The number of hydrogen-bond acceptors (Lipinski definition) is 4. The molecular formula is C10H14N4O. The summed E-state index contributed by atoms with van der Waals surface area (Å²) >= 11 is 0. The Kier molecular flexibility index (Phi) is 2.64. The van der Waals surface area contributed by atoms with Crippen molar-refractivity contribution in [3.63, 3.8) is 0 Å². The number of nitrogens with one attached hydrogen (secondary N) is 1. The number of nitrogens with zero attached hydrogens (tertiary/aromatic N) is 2. The van der Waals surface area contributed by atoms with E-state index in [0.29, 0.717) is 5.82 Å². The van der Waals surface area contributed by atoms with Crippen LogP contribution in [0.4, 0.5) is 0 Å². The van der Waals surface area contributed by atoms with Crippen molar-refractivity contribution in [2.75, 3.05) is 6.54 Å². The molecule has 0 saturated carbocycles. The summed E-state index contributed by atoms with van der Waals surface area (Å²) in [6.07, 6.45) is 1.02. The largest absolute Gasteiger partial charge is 0.369 e. The van der Waals surface area contributed by atoms with Crippen molar-refractivity contribution >= 4 is 5.91 Å². The van der Waals surface area contributed by atoms with E-state index in [1.54, 1.807) is 0 Å². The van der Waals surface area contributed by atoms with Crippen LogP contribution < -0.4 is 11.1 Å². The minimum absolute atomic E-state index is 0.127. The number of hydrogen-bond donors (Lipinski definition) is 2. The van der Waals surface area contributed by atoms with Crippen LogP contribution in [0.2, 0.25) is 0 Å². The van der Waals surface area contributed by atoms with Gasteiger partial charge in [0.15, 0.2) is 0 Å². The lowest BCUT2D eigenvalue weighted by Gasteiger charge is -2.18. The summed E-state index contributed by atoms with van der Waals surface area (Å²) in [6, 6.07) is 0.